The van der Waals surface area contributed by atoms with Crippen LogP contribution in [0.5, 0.6) is 0 Å². The third kappa shape index (κ3) is 4.28. The van der Waals surface area contributed by atoms with Crippen molar-refractivity contribution in [3.63, 3.8) is 0 Å². The molecule has 1 amide bonds. The van der Waals surface area contributed by atoms with Gasteiger partial charge in [-0.2, -0.15) is 4.31 Å². The van der Waals surface area contributed by atoms with Crippen molar-refractivity contribution in [2.75, 3.05) is 26.7 Å². The molecule has 1 N–H and O–H groups in total. The minimum Gasteiger partial charge on any atom is -0.465 e. The van der Waals surface area contributed by atoms with Crippen LogP contribution < -0.4 is 5.32 Å². The number of hydrogen-bond acceptors (Lipinski definition) is 5. The van der Waals surface area contributed by atoms with Crippen LogP contribution in [0.3, 0.4) is 0 Å². The molecule has 7 nitrogen and oxygen atoms in total. The molecule has 0 spiro atoms. The fourth-order valence-corrected chi connectivity index (χ4v) is 3.28. The zero-order chi connectivity index (χ0) is 16.8. The Morgan fingerprint density at radius 3 is 2.50 bits per heavy atom. The predicted octanol–water partition coefficient (Wildman–Crippen LogP) is 0.620. The van der Waals surface area contributed by atoms with E-state index < -0.39 is 16.0 Å². The summed E-state index contributed by atoms with van der Waals surface area (Å²) in [5.41, 5.74) is 0.137. The summed E-state index contributed by atoms with van der Waals surface area (Å²) >= 11 is 0. The Bertz CT molecular complexity index is 642. The Balaban J connectivity index is 3.10. The van der Waals surface area contributed by atoms with E-state index in [9.17, 15) is 18.0 Å². The first kappa shape index (κ1) is 18.1. The van der Waals surface area contributed by atoms with Crippen LogP contribution in [-0.4, -0.2) is 51.3 Å². The summed E-state index contributed by atoms with van der Waals surface area (Å²) in [6.45, 7) is 3.69. The summed E-state index contributed by atoms with van der Waals surface area (Å²) in [5, 5.41) is 2.55. The van der Waals surface area contributed by atoms with Crippen LogP contribution >= 0.6 is 0 Å². The standard InChI is InChI=1S/C14H20N2O5S/c1-4-15-13(17)10-16(5-2)22(19,20)12-8-6-7-11(9-12)14(18)21-3/h6-9H,4-5,10H2,1-3H3,(H,15,17). The number of methoxy groups -OCH3 is 1. The topological polar surface area (TPSA) is 92.8 Å². The van der Waals surface area contributed by atoms with E-state index in [2.05, 4.69) is 10.1 Å². The SMILES string of the molecule is CCNC(=O)CN(CC)S(=O)(=O)c1cccc(C(=O)OC)c1. The van der Waals surface area contributed by atoms with Crippen molar-refractivity contribution in [1.82, 2.24) is 9.62 Å². The molecule has 0 aliphatic heterocycles. The van der Waals surface area contributed by atoms with Gasteiger partial charge in [-0.15, -0.1) is 0 Å². The lowest BCUT2D eigenvalue weighted by Crippen LogP contribution is -2.40. The van der Waals surface area contributed by atoms with Crippen LogP contribution in [0.2, 0.25) is 0 Å². The van der Waals surface area contributed by atoms with Gasteiger partial charge in [0.2, 0.25) is 15.9 Å². The first-order valence-corrected chi connectivity index (χ1v) is 8.26. The van der Waals surface area contributed by atoms with Crippen molar-refractivity contribution in [3.05, 3.63) is 29.8 Å². The lowest BCUT2D eigenvalue weighted by atomic mass is 10.2. The maximum atomic E-state index is 12.6. The van der Waals surface area contributed by atoms with Gasteiger partial charge < -0.3 is 10.1 Å². The van der Waals surface area contributed by atoms with Gasteiger partial charge >= 0.3 is 5.97 Å². The van der Waals surface area contributed by atoms with E-state index in [1.165, 1.54) is 31.4 Å². The van der Waals surface area contributed by atoms with Gasteiger partial charge in [0.1, 0.15) is 0 Å². The van der Waals surface area contributed by atoms with Crippen LogP contribution in [0.15, 0.2) is 29.2 Å². The van der Waals surface area contributed by atoms with E-state index in [0.717, 1.165) is 4.31 Å². The molecule has 0 aliphatic carbocycles. The Kier molecular flexibility index (Phi) is 6.51. The number of amides is 1. The molecule has 1 rings (SSSR count). The summed E-state index contributed by atoms with van der Waals surface area (Å²) in [6, 6.07) is 5.54. The minimum atomic E-state index is -3.86. The molecular formula is C14H20N2O5S. The van der Waals surface area contributed by atoms with Gasteiger partial charge in [0.15, 0.2) is 0 Å². The van der Waals surface area contributed by atoms with Crippen LogP contribution in [0.25, 0.3) is 0 Å². The number of esters is 1. The van der Waals surface area contributed by atoms with Gasteiger partial charge in [0.05, 0.1) is 24.1 Å². The van der Waals surface area contributed by atoms with E-state index in [4.69, 9.17) is 0 Å². The lowest BCUT2D eigenvalue weighted by molar-refractivity contribution is -0.121. The van der Waals surface area contributed by atoms with Crippen molar-refractivity contribution in [2.24, 2.45) is 0 Å². The molecule has 0 unspecified atom stereocenters. The molecule has 1 aromatic carbocycles. The second-order valence-corrected chi connectivity index (χ2v) is 6.34. The predicted molar refractivity (Wildman–Crippen MR) is 80.9 cm³/mol. The highest BCUT2D eigenvalue weighted by molar-refractivity contribution is 7.89. The fourth-order valence-electron chi connectivity index (χ4n) is 1.83. The van der Waals surface area contributed by atoms with E-state index in [0.29, 0.717) is 6.54 Å². The van der Waals surface area contributed by atoms with E-state index in [-0.39, 0.29) is 29.5 Å². The summed E-state index contributed by atoms with van der Waals surface area (Å²) in [6.07, 6.45) is 0. The van der Waals surface area contributed by atoms with E-state index >= 15 is 0 Å². The molecule has 0 atom stereocenters. The highest BCUT2D eigenvalue weighted by Crippen LogP contribution is 2.17. The van der Waals surface area contributed by atoms with Crippen molar-refractivity contribution >= 4 is 21.9 Å². The van der Waals surface area contributed by atoms with Crippen molar-refractivity contribution < 1.29 is 22.7 Å². The third-order valence-corrected chi connectivity index (χ3v) is 4.86. The average molecular weight is 328 g/mol. The molecule has 0 aromatic heterocycles. The highest BCUT2D eigenvalue weighted by atomic mass is 32.2. The molecule has 0 saturated carbocycles. The number of benzene rings is 1. The van der Waals surface area contributed by atoms with Crippen molar-refractivity contribution in [3.8, 4) is 0 Å². The quantitative estimate of drug-likeness (QED) is 0.741. The average Bonchev–Trinajstić information content (AvgIpc) is 2.52. The number of hydrogen-bond donors (Lipinski definition) is 1. The zero-order valence-electron chi connectivity index (χ0n) is 12.8. The number of likely N-dealkylation sites (N-methyl/N-ethyl adjacent to an activating group) is 2. The molecule has 22 heavy (non-hydrogen) atoms. The Labute approximate surface area is 130 Å². The summed E-state index contributed by atoms with van der Waals surface area (Å²) in [7, 11) is -2.64. The molecule has 0 aliphatic rings. The number of nitrogens with one attached hydrogen (secondary N) is 1. The van der Waals surface area contributed by atoms with Gasteiger partial charge in [0.25, 0.3) is 0 Å². The Morgan fingerprint density at radius 1 is 1.27 bits per heavy atom. The van der Waals surface area contributed by atoms with Gasteiger partial charge in [-0.25, -0.2) is 13.2 Å². The van der Waals surface area contributed by atoms with Gasteiger partial charge in [-0.3, -0.25) is 4.79 Å². The number of sulfonamides is 1. The number of carbonyl (C=O) groups is 2. The molecule has 0 fully saturated rings. The second-order valence-electron chi connectivity index (χ2n) is 4.40. The first-order chi connectivity index (χ1) is 10.4. The van der Waals surface area contributed by atoms with Crippen LogP contribution in [0.4, 0.5) is 0 Å². The normalized spacial score (nSPS) is 11.3. The fraction of sp³-hybridized carbons (Fsp3) is 0.429. The second kappa shape index (κ2) is 7.90. The maximum absolute atomic E-state index is 12.6. The third-order valence-electron chi connectivity index (χ3n) is 2.94. The maximum Gasteiger partial charge on any atom is 0.337 e. The summed E-state index contributed by atoms with van der Waals surface area (Å²) in [4.78, 5) is 23.1. The molecule has 0 saturated heterocycles. The summed E-state index contributed by atoms with van der Waals surface area (Å²) < 4.78 is 30.7. The van der Waals surface area contributed by atoms with Crippen LogP contribution in [0.1, 0.15) is 24.2 Å². The number of nitrogens with zero attached hydrogens (tertiary/aromatic N) is 1. The molecule has 122 valence electrons. The molecule has 0 bridgehead atoms. The smallest absolute Gasteiger partial charge is 0.337 e. The van der Waals surface area contributed by atoms with Crippen molar-refractivity contribution in [1.29, 1.82) is 0 Å². The minimum absolute atomic E-state index is 0.0541. The number of ether oxygens (including phenoxy) is 1. The van der Waals surface area contributed by atoms with Gasteiger partial charge in [0, 0.05) is 13.1 Å². The largest absolute Gasteiger partial charge is 0.465 e. The van der Waals surface area contributed by atoms with Crippen molar-refractivity contribution in [2.45, 2.75) is 18.7 Å². The van der Waals surface area contributed by atoms with E-state index in [1.54, 1.807) is 13.8 Å². The molecular weight excluding hydrogens is 308 g/mol. The van der Waals surface area contributed by atoms with Gasteiger partial charge in [-0.1, -0.05) is 13.0 Å². The number of carbonyl (C=O) groups excluding carboxylic acids is 2. The molecule has 1 aromatic rings. The Morgan fingerprint density at radius 2 is 1.95 bits per heavy atom. The Hall–Kier alpha value is -1.93. The van der Waals surface area contributed by atoms with Crippen LogP contribution in [-0.2, 0) is 19.6 Å². The van der Waals surface area contributed by atoms with E-state index in [1.807, 2.05) is 0 Å². The molecule has 8 heteroatoms. The number of rotatable bonds is 7. The van der Waals surface area contributed by atoms with Crippen LogP contribution in [0, 0.1) is 0 Å². The summed E-state index contributed by atoms with van der Waals surface area (Å²) in [5.74, 6) is -0.999. The van der Waals surface area contributed by atoms with Gasteiger partial charge in [-0.05, 0) is 25.1 Å². The lowest BCUT2D eigenvalue weighted by Gasteiger charge is -2.20. The highest BCUT2D eigenvalue weighted by Gasteiger charge is 2.25. The molecule has 0 heterocycles. The zero-order valence-corrected chi connectivity index (χ0v) is 13.6. The molecule has 0 radical (unpaired) electrons. The monoisotopic (exact) mass is 328 g/mol. The first-order valence-electron chi connectivity index (χ1n) is 6.82.